The minimum Gasteiger partial charge on any atom is -0.193 e. The van der Waals surface area contributed by atoms with E-state index in [1.165, 1.54) is 18.4 Å². The van der Waals surface area contributed by atoms with Crippen LogP contribution in [0.25, 0.3) is 0 Å². The molecular formula is C15H23N. The fraction of sp³-hybridized carbons (Fsp3) is 0.800. The molecule has 2 aliphatic rings. The van der Waals surface area contributed by atoms with Crippen molar-refractivity contribution in [3.63, 3.8) is 0 Å². The van der Waals surface area contributed by atoms with Crippen LogP contribution in [0.5, 0.6) is 0 Å². The van der Waals surface area contributed by atoms with Gasteiger partial charge in [0.25, 0.3) is 0 Å². The highest BCUT2D eigenvalue weighted by atomic mass is 14.6. The topological polar surface area (TPSA) is 23.8 Å². The minimum absolute atomic E-state index is 0.573. The van der Waals surface area contributed by atoms with Crippen LogP contribution >= 0.6 is 0 Å². The van der Waals surface area contributed by atoms with Crippen LogP contribution in [0.3, 0.4) is 0 Å². The Morgan fingerprint density at radius 2 is 1.75 bits per heavy atom. The van der Waals surface area contributed by atoms with Crippen LogP contribution in [0.15, 0.2) is 11.1 Å². The molecule has 0 bridgehead atoms. The molecular weight excluding hydrogens is 194 g/mol. The molecule has 0 saturated heterocycles. The average Bonchev–Trinajstić information content (AvgIpc) is 2.77. The summed E-state index contributed by atoms with van der Waals surface area (Å²) in [5.74, 6) is 3.28. The summed E-state index contributed by atoms with van der Waals surface area (Å²) in [6.07, 6.45) is 2.67. The van der Waals surface area contributed by atoms with Crippen molar-refractivity contribution < 1.29 is 0 Å². The molecule has 16 heavy (non-hydrogen) atoms. The Bertz CT molecular complexity index is 369. The van der Waals surface area contributed by atoms with Crippen molar-refractivity contribution in [1.29, 1.82) is 5.26 Å². The summed E-state index contributed by atoms with van der Waals surface area (Å²) in [7, 11) is 0. The zero-order chi connectivity index (χ0) is 12.1. The largest absolute Gasteiger partial charge is 0.193 e. The van der Waals surface area contributed by atoms with Gasteiger partial charge < -0.3 is 0 Å². The van der Waals surface area contributed by atoms with Gasteiger partial charge in [-0.2, -0.15) is 5.26 Å². The number of hydrogen-bond acceptors (Lipinski definition) is 1. The Labute approximate surface area is 99.5 Å². The lowest BCUT2D eigenvalue weighted by Gasteiger charge is -2.29. The molecule has 1 nitrogen and oxygen atoms in total. The smallest absolute Gasteiger partial charge is 0.0943 e. The van der Waals surface area contributed by atoms with Crippen molar-refractivity contribution in [2.75, 3.05) is 0 Å². The monoisotopic (exact) mass is 217 g/mol. The van der Waals surface area contributed by atoms with Crippen LogP contribution in [0.1, 0.15) is 47.5 Å². The van der Waals surface area contributed by atoms with E-state index in [9.17, 15) is 0 Å². The SMILES string of the molecule is CC(C#N)=C(C)C1CC2C(CC1C)C2(C)C. The Hall–Kier alpha value is -0.770. The van der Waals surface area contributed by atoms with Crippen LogP contribution in [0.4, 0.5) is 0 Å². The highest BCUT2D eigenvalue weighted by molar-refractivity contribution is 5.28. The van der Waals surface area contributed by atoms with Gasteiger partial charge in [0.1, 0.15) is 0 Å². The van der Waals surface area contributed by atoms with Gasteiger partial charge in [0.2, 0.25) is 0 Å². The first kappa shape index (κ1) is 11.7. The third-order valence-electron chi connectivity index (χ3n) is 5.42. The maximum absolute atomic E-state index is 8.99. The van der Waals surface area contributed by atoms with Gasteiger partial charge in [-0.05, 0) is 55.8 Å². The molecule has 88 valence electrons. The quantitative estimate of drug-likeness (QED) is 0.605. The number of hydrogen-bond donors (Lipinski definition) is 0. The van der Waals surface area contributed by atoms with Gasteiger partial charge in [0, 0.05) is 5.57 Å². The van der Waals surface area contributed by atoms with Gasteiger partial charge in [-0.3, -0.25) is 0 Å². The van der Waals surface area contributed by atoms with Gasteiger partial charge in [-0.1, -0.05) is 26.3 Å². The molecule has 2 saturated carbocycles. The lowest BCUT2D eigenvalue weighted by atomic mass is 9.75. The molecule has 0 N–H and O–H groups in total. The molecule has 2 rings (SSSR count). The lowest BCUT2D eigenvalue weighted by Crippen LogP contribution is -2.20. The maximum Gasteiger partial charge on any atom is 0.0943 e. The molecule has 4 unspecified atom stereocenters. The van der Waals surface area contributed by atoms with E-state index < -0.39 is 0 Å². The van der Waals surface area contributed by atoms with Crippen LogP contribution in [-0.4, -0.2) is 0 Å². The number of fused-ring (bicyclic) bond motifs is 1. The molecule has 0 heterocycles. The lowest BCUT2D eigenvalue weighted by molar-refractivity contribution is 0.280. The molecule has 4 atom stereocenters. The van der Waals surface area contributed by atoms with E-state index in [-0.39, 0.29) is 0 Å². The fourth-order valence-corrected chi connectivity index (χ4v) is 3.83. The average molecular weight is 217 g/mol. The molecule has 0 aromatic rings. The summed E-state index contributed by atoms with van der Waals surface area (Å²) in [4.78, 5) is 0. The van der Waals surface area contributed by atoms with Crippen molar-refractivity contribution >= 4 is 0 Å². The Morgan fingerprint density at radius 1 is 1.19 bits per heavy atom. The fourth-order valence-electron chi connectivity index (χ4n) is 3.83. The first-order chi connectivity index (χ1) is 7.39. The van der Waals surface area contributed by atoms with E-state index in [0.29, 0.717) is 11.3 Å². The van der Waals surface area contributed by atoms with Crippen molar-refractivity contribution in [2.45, 2.75) is 47.5 Å². The summed E-state index contributed by atoms with van der Waals surface area (Å²) in [6, 6.07) is 2.31. The van der Waals surface area contributed by atoms with E-state index in [2.05, 4.69) is 33.8 Å². The van der Waals surface area contributed by atoms with Gasteiger partial charge >= 0.3 is 0 Å². The van der Waals surface area contributed by atoms with Crippen LogP contribution < -0.4 is 0 Å². The van der Waals surface area contributed by atoms with E-state index in [4.69, 9.17) is 5.26 Å². The number of allylic oxidation sites excluding steroid dienone is 2. The second-order valence-corrected chi connectivity index (χ2v) is 6.51. The van der Waals surface area contributed by atoms with E-state index in [0.717, 1.165) is 23.3 Å². The zero-order valence-electron chi connectivity index (χ0n) is 11.2. The molecule has 0 aliphatic heterocycles. The van der Waals surface area contributed by atoms with Gasteiger partial charge in [-0.25, -0.2) is 0 Å². The van der Waals surface area contributed by atoms with E-state index >= 15 is 0 Å². The Balaban J connectivity index is 2.17. The first-order valence-electron chi connectivity index (χ1n) is 6.47. The summed E-state index contributed by atoms with van der Waals surface area (Å²) < 4.78 is 0. The minimum atomic E-state index is 0.573. The predicted octanol–water partition coefficient (Wildman–Crippen LogP) is 4.16. The third-order valence-corrected chi connectivity index (χ3v) is 5.42. The van der Waals surface area contributed by atoms with Crippen LogP contribution in [0, 0.1) is 40.4 Å². The zero-order valence-corrected chi connectivity index (χ0v) is 11.2. The molecule has 0 spiro atoms. The normalized spacial score (nSPS) is 41.8. The van der Waals surface area contributed by atoms with Gasteiger partial charge in [0.05, 0.1) is 6.07 Å². The molecule has 2 aliphatic carbocycles. The Morgan fingerprint density at radius 3 is 2.31 bits per heavy atom. The second kappa shape index (κ2) is 3.62. The third kappa shape index (κ3) is 1.59. The molecule has 0 aromatic heterocycles. The second-order valence-electron chi connectivity index (χ2n) is 6.51. The van der Waals surface area contributed by atoms with Crippen molar-refractivity contribution in [1.82, 2.24) is 0 Å². The number of rotatable bonds is 1. The maximum atomic E-state index is 8.99. The summed E-state index contributed by atoms with van der Waals surface area (Å²) in [5, 5.41) is 8.99. The standard InChI is InChI=1S/C15H23N/c1-9-6-13-14(15(13,4)5)7-12(9)11(3)10(2)8-16/h9,12-14H,6-7H2,1-5H3. The highest BCUT2D eigenvalue weighted by Crippen LogP contribution is 2.67. The Kier molecular flexibility index (Phi) is 2.65. The molecule has 0 aromatic carbocycles. The van der Waals surface area contributed by atoms with Gasteiger partial charge in [0.15, 0.2) is 0 Å². The van der Waals surface area contributed by atoms with E-state index in [1.54, 1.807) is 0 Å². The molecule has 0 radical (unpaired) electrons. The molecule has 0 amide bonds. The van der Waals surface area contributed by atoms with Crippen molar-refractivity contribution in [3.05, 3.63) is 11.1 Å². The number of nitriles is 1. The van der Waals surface area contributed by atoms with Gasteiger partial charge in [-0.15, -0.1) is 0 Å². The summed E-state index contributed by atoms with van der Waals surface area (Å²) >= 11 is 0. The van der Waals surface area contributed by atoms with Crippen molar-refractivity contribution in [3.8, 4) is 6.07 Å². The first-order valence-corrected chi connectivity index (χ1v) is 6.47. The molecule has 2 fully saturated rings. The number of nitrogens with zero attached hydrogens (tertiary/aromatic N) is 1. The summed E-state index contributed by atoms with van der Waals surface area (Å²) in [5.41, 5.74) is 2.86. The van der Waals surface area contributed by atoms with Crippen LogP contribution in [0.2, 0.25) is 0 Å². The molecule has 1 heteroatoms. The van der Waals surface area contributed by atoms with Crippen LogP contribution in [-0.2, 0) is 0 Å². The highest BCUT2D eigenvalue weighted by Gasteiger charge is 2.60. The predicted molar refractivity (Wildman–Crippen MR) is 66.6 cm³/mol. The summed E-state index contributed by atoms with van der Waals surface area (Å²) in [6.45, 7) is 11.3. The van der Waals surface area contributed by atoms with Crippen molar-refractivity contribution in [2.24, 2.45) is 29.1 Å². The van der Waals surface area contributed by atoms with E-state index in [1.807, 2.05) is 6.92 Å².